The van der Waals surface area contributed by atoms with E-state index in [2.05, 4.69) is 42.4 Å². The number of hydrogen-bond donors (Lipinski definition) is 3. The lowest BCUT2D eigenvalue weighted by atomic mass is 10.2. The summed E-state index contributed by atoms with van der Waals surface area (Å²) < 4.78 is 0. The molecule has 2 aromatic heterocycles. The fourth-order valence-corrected chi connectivity index (χ4v) is 3.96. The SMILES string of the molecule is CC#CC(=O)Nc1ccc2ncnc(Nc3ccc(Sc4nc(C)c[nH]4)c(Cl)c3)c2c1. The van der Waals surface area contributed by atoms with E-state index >= 15 is 0 Å². The normalized spacial score (nSPS) is 10.4. The molecule has 1 amide bonds. The van der Waals surface area contributed by atoms with Crippen LogP contribution in [0.1, 0.15) is 12.6 Å². The van der Waals surface area contributed by atoms with Crippen LogP contribution in [0.5, 0.6) is 0 Å². The van der Waals surface area contributed by atoms with Crippen LogP contribution in [0.15, 0.2) is 59.0 Å². The Morgan fingerprint density at radius 1 is 1.16 bits per heavy atom. The van der Waals surface area contributed by atoms with Gasteiger partial charge in [-0.15, -0.1) is 0 Å². The van der Waals surface area contributed by atoms with E-state index in [4.69, 9.17) is 11.6 Å². The highest BCUT2D eigenvalue weighted by atomic mass is 35.5. The van der Waals surface area contributed by atoms with Gasteiger partial charge in [0.25, 0.3) is 5.91 Å². The van der Waals surface area contributed by atoms with E-state index in [1.54, 1.807) is 19.1 Å². The first kappa shape index (κ1) is 20.7. The van der Waals surface area contributed by atoms with E-state index in [9.17, 15) is 4.79 Å². The second-order valence-electron chi connectivity index (χ2n) is 6.50. The van der Waals surface area contributed by atoms with Gasteiger partial charge in [0.15, 0.2) is 5.16 Å². The van der Waals surface area contributed by atoms with Crippen molar-refractivity contribution in [3.05, 3.63) is 59.6 Å². The maximum Gasteiger partial charge on any atom is 0.300 e. The summed E-state index contributed by atoms with van der Waals surface area (Å²) in [5.74, 6) is 5.26. The lowest BCUT2D eigenvalue weighted by molar-refractivity contribution is -0.111. The van der Waals surface area contributed by atoms with Crippen LogP contribution in [0.2, 0.25) is 5.02 Å². The smallest absolute Gasteiger partial charge is 0.300 e. The number of nitrogens with one attached hydrogen (secondary N) is 3. The zero-order valence-corrected chi connectivity index (χ0v) is 18.2. The fourth-order valence-electron chi connectivity index (χ4n) is 2.86. The maximum absolute atomic E-state index is 11.8. The molecule has 7 nitrogen and oxygen atoms in total. The van der Waals surface area contributed by atoms with Crippen molar-refractivity contribution in [3.8, 4) is 11.8 Å². The van der Waals surface area contributed by atoms with Crippen molar-refractivity contribution in [3.63, 3.8) is 0 Å². The first-order valence-corrected chi connectivity index (χ1v) is 10.5. The van der Waals surface area contributed by atoms with Crippen molar-refractivity contribution in [1.29, 1.82) is 0 Å². The van der Waals surface area contributed by atoms with E-state index in [0.29, 0.717) is 16.5 Å². The number of hydrogen-bond acceptors (Lipinski definition) is 6. The first-order valence-electron chi connectivity index (χ1n) is 9.27. The number of fused-ring (bicyclic) bond motifs is 1. The van der Waals surface area contributed by atoms with Crippen LogP contribution in [0, 0.1) is 18.8 Å². The molecular formula is C22H17ClN6OS. The molecule has 0 aliphatic carbocycles. The van der Waals surface area contributed by atoms with Gasteiger partial charge in [0.1, 0.15) is 12.1 Å². The van der Waals surface area contributed by atoms with Gasteiger partial charge in [-0.05, 0) is 56.2 Å². The molecule has 3 N–H and O–H groups in total. The highest BCUT2D eigenvalue weighted by Gasteiger charge is 2.10. The summed E-state index contributed by atoms with van der Waals surface area (Å²) in [6, 6.07) is 11.1. The zero-order valence-electron chi connectivity index (χ0n) is 16.7. The van der Waals surface area contributed by atoms with Gasteiger partial charge >= 0.3 is 0 Å². The number of aryl methyl sites for hydroxylation is 1. The third kappa shape index (κ3) is 4.97. The van der Waals surface area contributed by atoms with Crippen LogP contribution in [-0.4, -0.2) is 25.8 Å². The average Bonchev–Trinajstić information content (AvgIpc) is 3.15. The minimum atomic E-state index is -0.375. The average molecular weight is 449 g/mol. The van der Waals surface area contributed by atoms with Crippen LogP contribution < -0.4 is 10.6 Å². The summed E-state index contributed by atoms with van der Waals surface area (Å²) in [5, 5.41) is 8.15. The third-order valence-electron chi connectivity index (χ3n) is 4.22. The molecule has 0 radical (unpaired) electrons. The number of aromatic nitrogens is 4. The Hall–Kier alpha value is -3.54. The van der Waals surface area contributed by atoms with Gasteiger partial charge in [-0.2, -0.15) is 0 Å². The molecule has 2 aromatic carbocycles. The molecule has 0 bridgehead atoms. The number of nitrogens with zero attached hydrogens (tertiary/aromatic N) is 3. The molecule has 2 heterocycles. The summed E-state index contributed by atoms with van der Waals surface area (Å²) in [6.07, 6.45) is 3.33. The highest BCUT2D eigenvalue weighted by Crippen LogP contribution is 2.34. The predicted molar refractivity (Wildman–Crippen MR) is 124 cm³/mol. The van der Waals surface area contributed by atoms with Crippen LogP contribution in [-0.2, 0) is 4.79 Å². The van der Waals surface area contributed by atoms with Crippen molar-refractivity contribution in [2.24, 2.45) is 0 Å². The Bertz CT molecular complexity index is 1340. The van der Waals surface area contributed by atoms with Gasteiger partial charge in [-0.25, -0.2) is 15.0 Å². The molecule has 0 fully saturated rings. The Labute approximate surface area is 188 Å². The van der Waals surface area contributed by atoms with E-state index in [1.165, 1.54) is 18.1 Å². The second kappa shape index (κ2) is 9.08. The Kier molecular flexibility index (Phi) is 6.07. The Morgan fingerprint density at radius 3 is 2.74 bits per heavy atom. The molecule has 31 heavy (non-hydrogen) atoms. The lowest BCUT2D eigenvalue weighted by Gasteiger charge is -2.11. The van der Waals surface area contributed by atoms with Gasteiger partial charge in [0.05, 0.1) is 16.2 Å². The maximum atomic E-state index is 11.8. The largest absolute Gasteiger partial charge is 0.340 e. The number of amides is 1. The topological polar surface area (TPSA) is 95.6 Å². The third-order valence-corrected chi connectivity index (χ3v) is 5.62. The van der Waals surface area contributed by atoms with Gasteiger partial charge in [-0.1, -0.05) is 29.3 Å². The summed E-state index contributed by atoms with van der Waals surface area (Å²) in [4.78, 5) is 28.8. The van der Waals surface area contributed by atoms with Crippen LogP contribution in [0.3, 0.4) is 0 Å². The number of aromatic amines is 1. The summed E-state index contributed by atoms with van der Waals surface area (Å²) in [6.45, 7) is 3.54. The van der Waals surface area contributed by atoms with Gasteiger partial charge in [0.2, 0.25) is 0 Å². The molecule has 0 unspecified atom stereocenters. The quantitative estimate of drug-likeness (QED) is 0.364. The summed E-state index contributed by atoms with van der Waals surface area (Å²) >= 11 is 7.95. The standard InChI is InChI=1S/C22H17ClN6OS/c1-3-4-20(30)28-14-5-7-18-16(9-14)21(26-12-25-18)29-15-6-8-19(17(23)10-15)31-22-24-11-13(2)27-22/h5-12H,1-2H3,(H,24,27)(H,28,30)(H,25,26,29). The molecule has 0 atom stereocenters. The molecule has 4 rings (SSSR count). The number of benzene rings is 2. The molecule has 4 aromatic rings. The fraction of sp³-hybridized carbons (Fsp3) is 0.0909. The number of carbonyl (C=O) groups is 1. The summed E-state index contributed by atoms with van der Waals surface area (Å²) in [5.41, 5.74) is 3.04. The molecule has 0 saturated carbocycles. The van der Waals surface area contributed by atoms with E-state index < -0.39 is 0 Å². The Balaban J connectivity index is 1.59. The van der Waals surface area contributed by atoms with Crippen molar-refractivity contribution < 1.29 is 4.79 Å². The number of halogens is 1. The predicted octanol–water partition coefficient (Wildman–Crippen LogP) is 5.17. The molecule has 0 aliphatic rings. The summed E-state index contributed by atoms with van der Waals surface area (Å²) in [7, 11) is 0. The number of H-pyrrole nitrogens is 1. The zero-order chi connectivity index (χ0) is 21.8. The van der Waals surface area contributed by atoms with Crippen LogP contribution >= 0.6 is 23.4 Å². The first-order chi connectivity index (χ1) is 15.0. The molecular weight excluding hydrogens is 432 g/mol. The molecule has 0 aliphatic heterocycles. The second-order valence-corrected chi connectivity index (χ2v) is 7.94. The minimum Gasteiger partial charge on any atom is -0.340 e. The van der Waals surface area contributed by atoms with E-state index in [1.807, 2.05) is 37.4 Å². The number of carbonyl (C=O) groups excluding carboxylic acids is 1. The highest BCUT2D eigenvalue weighted by molar-refractivity contribution is 7.99. The molecule has 154 valence electrons. The van der Waals surface area contributed by atoms with Gasteiger partial charge < -0.3 is 15.6 Å². The van der Waals surface area contributed by atoms with E-state index in [0.717, 1.165) is 32.3 Å². The van der Waals surface area contributed by atoms with Crippen molar-refractivity contribution in [2.45, 2.75) is 23.9 Å². The molecule has 9 heteroatoms. The monoisotopic (exact) mass is 448 g/mol. The Morgan fingerprint density at radius 2 is 2.00 bits per heavy atom. The van der Waals surface area contributed by atoms with Crippen molar-refractivity contribution in [1.82, 2.24) is 19.9 Å². The number of anilines is 3. The number of imidazole rings is 1. The number of rotatable bonds is 5. The lowest BCUT2D eigenvalue weighted by Crippen LogP contribution is -2.08. The van der Waals surface area contributed by atoms with E-state index in [-0.39, 0.29) is 5.91 Å². The van der Waals surface area contributed by atoms with Crippen LogP contribution in [0.25, 0.3) is 10.9 Å². The van der Waals surface area contributed by atoms with Crippen molar-refractivity contribution >= 4 is 57.4 Å². The van der Waals surface area contributed by atoms with Crippen LogP contribution in [0.4, 0.5) is 17.2 Å². The van der Waals surface area contributed by atoms with Crippen molar-refractivity contribution in [2.75, 3.05) is 10.6 Å². The minimum absolute atomic E-state index is 0.375. The van der Waals surface area contributed by atoms with Gasteiger partial charge in [0, 0.05) is 27.9 Å². The molecule has 0 saturated heterocycles. The molecule has 0 spiro atoms. The van der Waals surface area contributed by atoms with Gasteiger partial charge in [-0.3, -0.25) is 4.79 Å².